The first kappa shape index (κ1) is 21.9. The summed E-state index contributed by atoms with van der Waals surface area (Å²) in [4.78, 5) is 42.2. The Morgan fingerprint density at radius 2 is 1.83 bits per heavy atom. The lowest BCUT2D eigenvalue weighted by atomic mass is 10.1. The fourth-order valence-electron chi connectivity index (χ4n) is 3.27. The van der Waals surface area contributed by atoms with Gasteiger partial charge in [-0.05, 0) is 25.3 Å². The minimum Gasteiger partial charge on any atom is -0.465 e. The second-order valence-electron chi connectivity index (χ2n) is 6.93. The summed E-state index contributed by atoms with van der Waals surface area (Å²) in [7, 11) is 3.05. The van der Waals surface area contributed by atoms with Gasteiger partial charge >= 0.3 is 11.7 Å². The first-order chi connectivity index (χ1) is 14.4. The Hall–Kier alpha value is -2.81. The lowest BCUT2D eigenvalue weighted by Crippen LogP contribution is -2.37. The van der Waals surface area contributed by atoms with Crippen LogP contribution in [-0.4, -0.2) is 36.5 Å². The molecule has 1 aromatic carbocycles. The maximum absolute atomic E-state index is 12.9. The molecule has 2 heterocycles. The van der Waals surface area contributed by atoms with Gasteiger partial charge in [0.25, 0.3) is 5.56 Å². The summed E-state index contributed by atoms with van der Waals surface area (Å²) < 4.78 is 9.44. The maximum atomic E-state index is 12.9. The number of thioether (sulfide) groups is 1. The molecule has 9 heteroatoms. The molecule has 8 nitrogen and oxygen atoms in total. The van der Waals surface area contributed by atoms with Gasteiger partial charge in [-0.15, -0.1) is 0 Å². The van der Waals surface area contributed by atoms with Crippen LogP contribution in [0.25, 0.3) is 11.2 Å². The average molecular weight is 431 g/mol. The fraction of sp³-hybridized carbons (Fsp3) is 0.429. The number of imidazole rings is 1. The molecule has 160 valence electrons. The van der Waals surface area contributed by atoms with E-state index in [1.807, 2.05) is 41.8 Å². The van der Waals surface area contributed by atoms with Crippen molar-refractivity contribution in [1.29, 1.82) is 0 Å². The van der Waals surface area contributed by atoms with Crippen molar-refractivity contribution in [3.63, 3.8) is 0 Å². The number of nitrogens with zero attached hydrogens (tertiary/aromatic N) is 4. The molecule has 1 atom stereocenters. The molecule has 0 aliphatic rings. The number of esters is 1. The van der Waals surface area contributed by atoms with Gasteiger partial charge in [-0.1, -0.05) is 49.0 Å². The van der Waals surface area contributed by atoms with E-state index in [-0.39, 0.29) is 5.97 Å². The Balaban J connectivity index is 2.11. The number of aryl methyl sites for hydroxylation is 3. The van der Waals surface area contributed by atoms with E-state index < -0.39 is 16.5 Å². The number of hydrogen-bond donors (Lipinski definition) is 0. The van der Waals surface area contributed by atoms with Crippen LogP contribution in [0.2, 0.25) is 0 Å². The Kier molecular flexibility index (Phi) is 6.81. The molecule has 0 saturated heterocycles. The van der Waals surface area contributed by atoms with E-state index in [0.29, 0.717) is 42.3 Å². The number of rotatable bonds is 8. The standard InChI is InChI=1S/C21H26N4O4S/c1-5-15(19(27)29-6-2)30-20-22-17-16(18(26)24(4)21(28)23(17)3)25(20)13-12-14-10-8-7-9-11-14/h7-11,15H,5-6,12-13H2,1-4H3. The third-order valence-corrected chi connectivity index (χ3v) is 6.28. The van der Waals surface area contributed by atoms with Crippen LogP contribution >= 0.6 is 11.8 Å². The third kappa shape index (κ3) is 4.21. The van der Waals surface area contributed by atoms with Gasteiger partial charge in [0.05, 0.1) is 6.61 Å². The van der Waals surface area contributed by atoms with Crippen molar-refractivity contribution < 1.29 is 9.53 Å². The van der Waals surface area contributed by atoms with E-state index in [0.717, 1.165) is 10.1 Å². The zero-order valence-electron chi connectivity index (χ0n) is 17.6. The lowest BCUT2D eigenvalue weighted by Gasteiger charge is -2.14. The Morgan fingerprint density at radius 3 is 2.47 bits per heavy atom. The summed E-state index contributed by atoms with van der Waals surface area (Å²) in [5.41, 5.74) is 0.961. The summed E-state index contributed by atoms with van der Waals surface area (Å²) >= 11 is 1.27. The lowest BCUT2D eigenvalue weighted by molar-refractivity contribution is -0.142. The number of carbonyl (C=O) groups excluding carboxylic acids is 1. The molecule has 3 rings (SSSR count). The van der Waals surface area contributed by atoms with Crippen molar-refractivity contribution in [2.24, 2.45) is 14.1 Å². The summed E-state index contributed by atoms with van der Waals surface area (Å²) in [6.07, 6.45) is 1.24. The molecular weight excluding hydrogens is 404 g/mol. The zero-order chi connectivity index (χ0) is 21.8. The van der Waals surface area contributed by atoms with Crippen LogP contribution in [0, 0.1) is 0 Å². The van der Waals surface area contributed by atoms with Crippen LogP contribution in [-0.2, 0) is 36.6 Å². The molecule has 0 aliphatic heterocycles. The smallest absolute Gasteiger partial charge is 0.332 e. The number of ether oxygens (including phenoxy) is 1. The highest BCUT2D eigenvalue weighted by Gasteiger charge is 2.25. The van der Waals surface area contributed by atoms with E-state index in [4.69, 9.17) is 4.74 Å². The van der Waals surface area contributed by atoms with E-state index in [2.05, 4.69) is 4.98 Å². The van der Waals surface area contributed by atoms with Crippen LogP contribution < -0.4 is 11.2 Å². The Bertz CT molecular complexity index is 1160. The maximum Gasteiger partial charge on any atom is 0.332 e. The van der Waals surface area contributed by atoms with E-state index in [9.17, 15) is 14.4 Å². The molecule has 0 N–H and O–H groups in total. The molecule has 30 heavy (non-hydrogen) atoms. The number of fused-ring (bicyclic) bond motifs is 1. The van der Waals surface area contributed by atoms with Crippen molar-refractivity contribution in [2.45, 2.75) is 43.6 Å². The topological polar surface area (TPSA) is 88.1 Å². The number of carbonyl (C=O) groups is 1. The molecule has 0 bridgehead atoms. The van der Waals surface area contributed by atoms with Crippen molar-refractivity contribution in [3.05, 3.63) is 56.7 Å². The molecule has 0 aliphatic carbocycles. The number of benzene rings is 1. The summed E-state index contributed by atoms with van der Waals surface area (Å²) in [6.45, 7) is 4.47. The highest BCUT2D eigenvalue weighted by atomic mass is 32.2. The molecule has 0 radical (unpaired) electrons. The summed E-state index contributed by atoms with van der Waals surface area (Å²) in [6, 6.07) is 9.93. The predicted octanol–water partition coefficient (Wildman–Crippen LogP) is 2.11. The molecule has 0 fully saturated rings. The third-order valence-electron chi connectivity index (χ3n) is 4.95. The SMILES string of the molecule is CCOC(=O)C(CC)Sc1nc2c(c(=O)n(C)c(=O)n2C)n1CCc1ccccc1. The summed E-state index contributed by atoms with van der Waals surface area (Å²) in [5, 5.41) is 0.0808. The molecule has 0 amide bonds. The van der Waals surface area contributed by atoms with Gasteiger partial charge in [-0.3, -0.25) is 18.7 Å². The highest BCUT2D eigenvalue weighted by molar-refractivity contribution is 8.00. The van der Waals surface area contributed by atoms with Crippen molar-refractivity contribution in [2.75, 3.05) is 6.61 Å². The van der Waals surface area contributed by atoms with Gasteiger partial charge in [0.1, 0.15) is 5.25 Å². The van der Waals surface area contributed by atoms with Crippen molar-refractivity contribution in [3.8, 4) is 0 Å². The van der Waals surface area contributed by atoms with Crippen LogP contribution in [0.5, 0.6) is 0 Å². The van der Waals surface area contributed by atoms with E-state index in [1.165, 1.54) is 23.4 Å². The van der Waals surface area contributed by atoms with E-state index in [1.54, 1.807) is 14.0 Å². The number of aromatic nitrogens is 4. The average Bonchev–Trinajstić information content (AvgIpc) is 3.12. The molecule has 2 aromatic heterocycles. The second kappa shape index (κ2) is 9.34. The van der Waals surface area contributed by atoms with Gasteiger partial charge in [-0.25, -0.2) is 9.78 Å². The monoisotopic (exact) mass is 430 g/mol. The van der Waals surface area contributed by atoms with Gasteiger partial charge in [-0.2, -0.15) is 0 Å². The van der Waals surface area contributed by atoms with E-state index >= 15 is 0 Å². The van der Waals surface area contributed by atoms with Gasteiger partial charge in [0, 0.05) is 20.6 Å². The first-order valence-corrected chi connectivity index (χ1v) is 10.8. The highest BCUT2D eigenvalue weighted by Crippen LogP contribution is 2.28. The zero-order valence-corrected chi connectivity index (χ0v) is 18.4. The van der Waals surface area contributed by atoms with Gasteiger partial charge in [0.15, 0.2) is 16.3 Å². The number of hydrogen-bond acceptors (Lipinski definition) is 6. The minimum absolute atomic E-state index is 0.301. The molecule has 1 unspecified atom stereocenters. The van der Waals surface area contributed by atoms with Gasteiger partial charge in [0.2, 0.25) is 0 Å². The molecule has 0 spiro atoms. The van der Waals surface area contributed by atoms with Crippen molar-refractivity contribution >= 4 is 28.9 Å². The Morgan fingerprint density at radius 1 is 1.13 bits per heavy atom. The largest absolute Gasteiger partial charge is 0.465 e. The Labute approximate surface area is 178 Å². The van der Waals surface area contributed by atoms with Crippen LogP contribution in [0.4, 0.5) is 0 Å². The van der Waals surface area contributed by atoms with Crippen LogP contribution in [0.3, 0.4) is 0 Å². The molecular formula is C21H26N4O4S. The van der Waals surface area contributed by atoms with Crippen LogP contribution in [0.15, 0.2) is 45.1 Å². The minimum atomic E-state index is -0.446. The van der Waals surface area contributed by atoms with Gasteiger partial charge < -0.3 is 9.30 Å². The molecule has 0 saturated carbocycles. The van der Waals surface area contributed by atoms with Crippen LogP contribution in [0.1, 0.15) is 25.8 Å². The second-order valence-corrected chi connectivity index (χ2v) is 8.10. The summed E-state index contributed by atoms with van der Waals surface area (Å²) in [5.74, 6) is -0.312. The normalized spacial score (nSPS) is 12.3. The quantitative estimate of drug-likeness (QED) is 0.402. The predicted molar refractivity (Wildman–Crippen MR) is 117 cm³/mol. The first-order valence-electron chi connectivity index (χ1n) is 9.92. The fourth-order valence-corrected chi connectivity index (χ4v) is 4.30. The molecule has 3 aromatic rings. The van der Waals surface area contributed by atoms with Crippen molar-refractivity contribution in [1.82, 2.24) is 18.7 Å².